The van der Waals surface area contributed by atoms with E-state index < -0.39 is 5.91 Å². The van der Waals surface area contributed by atoms with E-state index in [2.05, 4.69) is 42.7 Å². The van der Waals surface area contributed by atoms with Crippen LogP contribution in [0.3, 0.4) is 0 Å². The first-order chi connectivity index (χ1) is 11.0. The Labute approximate surface area is 154 Å². The van der Waals surface area contributed by atoms with Gasteiger partial charge in [0.1, 0.15) is 5.75 Å². The van der Waals surface area contributed by atoms with Crippen molar-refractivity contribution in [3.63, 3.8) is 0 Å². The zero-order valence-electron chi connectivity index (χ0n) is 12.2. The molecule has 0 fully saturated rings. The molecule has 0 saturated carbocycles. The van der Waals surface area contributed by atoms with E-state index in [0.717, 1.165) is 14.7 Å². The smallest absolute Gasteiger partial charge is 0.279 e. The summed E-state index contributed by atoms with van der Waals surface area (Å²) in [5.41, 5.74) is 5.20. The number of halogens is 2. The molecule has 2 amide bonds. The van der Waals surface area contributed by atoms with Gasteiger partial charge in [-0.2, -0.15) is 0 Å². The van der Waals surface area contributed by atoms with Crippen molar-refractivity contribution in [3.8, 4) is 5.75 Å². The number of benzene rings is 1. The Morgan fingerprint density at radius 2 is 1.78 bits per heavy atom. The summed E-state index contributed by atoms with van der Waals surface area (Å²) in [7, 11) is 0. The van der Waals surface area contributed by atoms with E-state index in [1.807, 2.05) is 6.92 Å². The number of hydrogen-bond acceptors (Lipinski definition) is 4. The van der Waals surface area contributed by atoms with Gasteiger partial charge < -0.3 is 4.74 Å². The SMILES string of the molecule is CCCOc1ccc(C(=O)NNC(=O)c2cc(Br)c(Br)s2)cc1. The molecule has 5 nitrogen and oxygen atoms in total. The fourth-order valence-electron chi connectivity index (χ4n) is 1.63. The van der Waals surface area contributed by atoms with Crippen LogP contribution >= 0.6 is 43.2 Å². The van der Waals surface area contributed by atoms with E-state index in [1.54, 1.807) is 30.3 Å². The first-order valence-corrected chi connectivity index (χ1v) is 9.20. The van der Waals surface area contributed by atoms with E-state index >= 15 is 0 Å². The molecule has 0 aliphatic rings. The van der Waals surface area contributed by atoms with Crippen molar-refractivity contribution >= 4 is 55.0 Å². The first kappa shape index (κ1) is 18.0. The molecule has 2 rings (SSSR count). The first-order valence-electron chi connectivity index (χ1n) is 6.79. The molecule has 23 heavy (non-hydrogen) atoms. The topological polar surface area (TPSA) is 67.4 Å². The Balaban J connectivity index is 1.90. The lowest BCUT2D eigenvalue weighted by molar-refractivity contribution is 0.0849. The molecular formula is C15H14Br2N2O3S. The van der Waals surface area contributed by atoms with Crippen LogP contribution in [0.15, 0.2) is 38.6 Å². The van der Waals surface area contributed by atoms with Gasteiger partial charge >= 0.3 is 0 Å². The molecular weight excluding hydrogens is 448 g/mol. The van der Waals surface area contributed by atoms with Crippen molar-refractivity contribution in [1.29, 1.82) is 0 Å². The summed E-state index contributed by atoms with van der Waals surface area (Å²) in [5, 5.41) is 0. The molecule has 0 bridgehead atoms. The highest BCUT2D eigenvalue weighted by Crippen LogP contribution is 2.32. The van der Waals surface area contributed by atoms with Crippen LogP contribution in [0, 0.1) is 0 Å². The quantitative estimate of drug-likeness (QED) is 0.657. The minimum Gasteiger partial charge on any atom is -0.494 e. The van der Waals surface area contributed by atoms with Gasteiger partial charge in [-0.15, -0.1) is 11.3 Å². The van der Waals surface area contributed by atoms with Crippen LogP contribution in [-0.4, -0.2) is 18.4 Å². The summed E-state index contributed by atoms with van der Waals surface area (Å²) in [6.45, 7) is 2.66. The van der Waals surface area contributed by atoms with Crippen LogP contribution in [-0.2, 0) is 0 Å². The molecule has 0 aliphatic heterocycles. The molecule has 8 heteroatoms. The van der Waals surface area contributed by atoms with E-state index in [0.29, 0.717) is 22.8 Å². The average molecular weight is 462 g/mol. The van der Waals surface area contributed by atoms with Crippen LogP contribution in [0.5, 0.6) is 5.75 Å². The maximum absolute atomic E-state index is 12.0. The highest BCUT2D eigenvalue weighted by molar-refractivity contribution is 9.13. The Hall–Kier alpha value is -1.38. The van der Waals surface area contributed by atoms with Gasteiger partial charge in [-0.05, 0) is 68.6 Å². The highest BCUT2D eigenvalue weighted by atomic mass is 79.9. The molecule has 0 radical (unpaired) electrons. The van der Waals surface area contributed by atoms with Crippen molar-refractivity contribution < 1.29 is 14.3 Å². The third-order valence-electron chi connectivity index (χ3n) is 2.75. The standard InChI is InChI=1S/C15H14Br2N2O3S/c1-2-7-22-10-5-3-9(4-6-10)14(20)18-19-15(21)12-8-11(16)13(17)23-12/h3-6,8H,2,7H2,1H3,(H,18,20)(H,19,21). The zero-order valence-corrected chi connectivity index (χ0v) is 16.2. The van der Waals surface area contributed by atoms with Crippen LogP contribution in [0.4, 0.5) is 0 Å². The number of carbonyl (C=O) groups is 2. The number of amides is 2. The van der Waals surface area contributed by atoms with Crippen molar-refractivity contribution in [3.05, 3.63) is 49.0 Å². The Kier molecular flexibility index (Phi) is 6.61. The molecule has 1 aromatic heterocycles. The van der Waals surface area contributed by atoms with E-state index in [-0.39, 0.29) is 5.91 Å². The number of rotatable bonds is 5. The minimum absolute atomic E-state index is 0.377. The predicted octanol–water partition coefficient (Wildman–Crippen LogP) is 4.14. The Bertz CT molecular complexity index is 682. The predicted molar refractivity (Wildman–Crippen MR) is 96.9 cm³/mol. The van der Waals surface area contributed by atoms with E-state index in [4.69, 9.17) is 4.74 Å². The number of nitrogens with one attached hydrogen (secondary N) is 2. The second-order valence-electron chi connectivity index (χ2n) is 4.51. The molecule has 1 aromatic carbocycles. The number of hydrogen-bond donors (Lipinski definition) is 2. The number of ether oxygens (including phenoxy) is 1. The second kappa shape index (κ2) is 8.47. The van der Waals surface area contributed by atoms with Gasteiger partial charge in [-0.3, -0.25) is 20.4 Å². The normalized spacial score (nSPS) is 10.2. The number of carbonyl (C=O) groups excluding carboxylic acids is 2. The Morgan fingerprint density at radius 3 is 2.35 bits per heavy atom. The lowest BCUT2D eigenvalue weighted by Crippen LogP contribution is -2.41. The number of thiophene rings is 1. The van der Waals surface area contributed by atoms with Gasteiger partial charge in [-0.1, -0.05) is 6.92 Å². The van der Waals surface area contributed by atoms with Crippen LogP contribution in [0.2, 0.25) is 0 Å². The molecule has 0 aliphatic carbocycles. The van der Waals surface area contributed by atoms with Gasteiger partial charge in [0.05, 0.1) is 15.3 Å². The molecule has 0 saturated heterocycles. The van der Waals surface area contributed by atoms with Crippen LogP contribution < -0.4 is 15.6 Å². The molecule has 2 aromatic rings. The second-order valence-corrected chi connectivity index (χ2v) is 7.74. The highest BCUT2D eigenvalue weighted by Gasteiger charge is 2.13. The molecule has 1 heterocycles. The summed E-state index contributed by atoms with van der Waals surface area (Å²) in [6, 6.07) is 8.41. The maximum atomic E-state index is 12.0. The zero-order chi connectivity index (χ0) is 16.8. The summed E-state index contributed by atoms with van der Waals surface area (Å²) in [5.74, 6) is -0.0616. The van der Waals surface area contributed by atoms with Crippen molar-refractivity contribution in [2.75, 3.05) is 6.61 Å². The Morgan fingerprint density at radius 1 is 1.13 bits per heavy atom. The molecule has 0 unspecified atom stereocenters. The van der Waals surface area contributed by atoms with Gasteiger partial charge in [0.15, 0.2) is 0 Å². The summed E-state index contributed by atoms with van der Waals surface area (Å²) in [6.07, 6.45) is 0.920. The minimum atomic E-state index is -0.393. The summed E-state index contributed by atoms with van der Waals surface area (Å²) in [4.78, 5) is 24.4. The number of hydrazine groups is 1. The molecule has 0 atom stereocenters. The third kappa shape index (κ3) is 5.05. The van der Waals surface area contributed by atoms with Crippen LogP contribution in [0.1, 0.15) is 33.4 Å². The molecule has 122 valence electrons. The molecule has 2 N–H and O–H groups in total. The fraction of sp³-hybridized carbons (Fsp3) is 0.200. The monoisotopic (exact) mass is 460 g/mol. The van der Waals surface area contributed by atoms with E-state index in [9.17, 15) is 9.59 Å². The summed E-state index contributed by atoms with van der Waals surface area (Å²) >= 11 is 7.90. The van der Waals surface area contributed by atoms with Gasteiger partial charge in [0.2, 0.25) is 0 Å². The fourth-order valence-corrected chi connectivity index (χ4v) is 3.56. The van der Waals surface area contributed by atoms with Gasteiger partial charge in [0, 0.05) is 10.0 Å². The summed E-state index contributed by atoms with van der Waals surface area (Å²) < 4.78 is 7.06. The third-order valence-corrected chi connectivity index (χ3v) is 6.00. The molecule has 0 spiro atoms. The van der Waals surface area contributed by atoms with Gasteiger partial charge in [-0.25, -0.2) is 0 Å². The van der Waals surface area contributed by atoms with Crippen molar-refractivity contribution in [2.45, 2.75) is 13.3 Å². The van der Waals surface area contributed by atoms with Crippen LogP contribution in [0.25, 0.3) is 0 Å². The lowest BCUT2D eigenvalue weighted by Gasteiger charge is -2.08. The maximum Gasteiger partial charge on any atom is 0.279 e. The van der Waals surface area contributed by atoms with Gasteiger partial charge in [0.25, 0.3) is 11.8 Å². The lowest BCUT2D eigenvalue weighted by atomic mass is 10.2. The van der Waals surface area contributed by atoms with E-state index in [1.165, 1.54) is 11.3 Å². The van der Waals surface area contributed by atoms with Crippen molar-refractivity contribution in [2.24, 2.45) is 0 Å². The largest absolute Gasteiger partial charge is 0.494 e. The average Bonchev–Trinajstić information content (AvgIpc) is 2.90. The van der Waals surface area contributed by atoms with Crippen molar-refractivity contribution in [1.82, 2.24) is 10.9 Å².